The lowest BCUT2D eigenvalue weighted by molar-refractivity contribution is 0.491. The highest BCUT2D eigenvalue weighted by Gasteiger charge is 2.11. The Morgan fingerprint density at radius 1 is 1.33 bits per heavy atom. The largest absolute Gasteiger partial charge is 0.441 e. The molecule has 0 bridgehead atoms. The number of oxazole rings is 1. The van der Waals surface area contributed by atoms with Crippen LogP contribution in [0.3, 0.4) is 0 Å². The van der Waals surface area contributed by atoms with Crippen molar-refractivity contribution in [3.8, 4) is 11.3 Å². The third-order valence-electron chi connectivity index (χ3n) is 2.57. The molecule has 18 heavy (non-hydrogen) atoms. The van der Waals surface area contributed by atoms with Crippen LogP contribution in [0.25, 0.3) is 11.3 Å². The number of hydrogen-bond acceptors (Lipinski definition) is 3. The molecule has 2 aromatic rings. The van der Waals surface area contributed by atoms with Crippen molar-refractivity contribution in [2.75, 3.05) is 13.6 Å². The first kappa shape index (κ1) is 12.7. The Hall–Kier alpha value is -1.75. The van der Waals surface area contributed by atoms with Gasteiger partial charge in [0.1, 0.15) is 11.6 Å². The van der Waals surface area contributed by atoms with E-state index in [1.54, 1.807) is 0 Å². The summed E-state index contributed by atoms with van der Waals surface area (Å²) in [6.45, 7) is 0.864. The van der Waals surface area contributed by atoms with E-state index in [0.29, 0.717) is 18.1 Å². The minimum atomic E-state index is -0.645. The summed E-state index contributed by atoms with van der Waals surface area (Å²) < 4.78 is 31.7. The third kappa shape index (κ3) is 2.92. The van der Waals surface area contributed by atoms with Crippen LogP contribution >= 0.6 is 0 Å². The number of benzene rings is 1. The molecule has 0 unspecified atom stereocenters. The van der Waals surface area contributed by atoms with Gasteiger partial charge in [0.15, 0.2) is 11.7 Å². The molecular formula is C13H14F2N2O. The van der Waals surface area contributed by atoms with Crippen molar-refractivity contribution in [1.82, 2.24) is 10.3 Å². The Balaban J connectivity index is 2.13. The van der Waals surface area contributed by atoms with Crippen molar-refractivity contribution < 1.29 is 13.2 Å². The average molecular weight is 252 g/mol. The van der Waals surface area contributed by atoms with E-state index in [0.717, 1.165) is 19.0 Å². The number of nitrogens with zero attached hydrogens (tertiary/aromatic N) is 1. The monoisotopic (exact) mass is 252 g/mol. The molecule has 0 aliphatic rings. The van der Waals surface area contributed by atoms with Crippen LogP contribution in [0.4, 0.5) is 8.78 Å². The van der Waals surface area contributed by atoms with Gasteiger partial charge in [0.2, 0.25) is 0 Å². The lowest BCUT2D eigenvalue weighted by Crippen LogP contribution is -2.08. The van der Waals surface area contributed by atoms with E-state index in [4.69, 9.17) is 4.42 Å². The normalized spacial score (nSPS) is 10.8. The summed E-state index contributed by atoms with van der Waals surface area (Å²) in [6, 6.07) is 3.38. The summed E-state index contributed by atoms with van der Waals surface area (Å²) in [6.07, 6.45) is 3.04. The predicted molar refractivity (Wildman–Crippen MR) is 64.1 cm³/mol. The van der Waals surface area contributed by atoms with Crippen molar-refractivity contribution in [3.05, 3.63) is 41.9 Å². The maximum atomic E-state index is 13.5. The van der Waals surface area contributed by atoms with Gasteiger partial charge in [0, 0.05) is 12.5 Å². The standard InChI is InChI=1S/C13H14F2N2O/c1-16-6-2-3-13-17-8-12(18-13)10-5-4-9(14)7-11(10)15/h4-5,7-8,16H,2-3,6H2,1H3. The van der Waals surface area contributed by atoms with Gasteiger partial charge < -0.3 is 9.73 Å². The maximum Gasteiger partial charge on any atom is 0.194 e. The fourth-order valence-corrected chi connectivity index (χ4v) is 1.66. The molecule has 0 aliphatic heterocycles. The number of aromatic nitrogens is 1. The van der Waals surface area contributed by atoms with Crippen molar-refractivity contribution >= 4 is 0 Å². The van der Waals surface area contributed by atoms with E-state index in [2.05, 4.69) is 10.3 Å². The molecule has 0 saturated heterocycles. The van der Waals surface area contributed by atoms with E-state index in [-0.39, 0.29) is 5.56 Å². The van der Waals surface area contributed by atoms with Gasteiger partial charge in [-0.25, -0.2) is 13.8 Å². The van der Waals surface area contributed by atoms with Crippen molar-refractivity contribution in [1.29, 1.82) is 0 Å². The Bertz CT molecular complexity index is 525. The average Bonchev–Trinajstić information content (AvgIpc) is 2.78. The zero-order valence-corrected chi connectivity index (χ0v) is 10.0. The summed E-state index contributed by atoms with van der Waals surface area (Å²) in [5, 5.41) is 3.02. The molecule has 1 aromatic heterocycles. The molecule has 0 amide bonds. The van der Waals surface area contributed by atoms with E-state index >= 15 is 0 Å². The summed E-state index contributed by atoms with van der Waals surface area (Å²) >= 11 is 0. The fourth-order valence-electron chi connectivity index (χ4n) is 1.66. The molecule has 1 aromatic carbocycles. The molecule has 0 saturated carbocycles. The second-order valence-corrected chi connectivity index (χ2v) is 3.95. The van der Waals surface area contributed by atoms with Crippen LogP contribution in [0.2, 0.25) is 0 Å². The highest BCUT2D eigenvalue weighted by atomic mass is 19.1. The fraction of sp³-hybridized carbons (Fsp3) is 0.308. The van der Waals surface area contributed by atoms with Crippen LogP contribution < -0.4 is 5.32 Å². The van der Waals surface area contributed by atoms with Gasteiger partial charge in [-0.15, -0.1) is 0 Å². The number of aryl methyl sites for hydroxylation is 1. The highest BCUT2D eigenvalue weighted by Crippen LogP contribution is 2.24. The first-order valence-corrected chi connectivity index (χ1v) is 5.75. The lowest BCUT2D eigenvalue weighted by atomic mass is 10.2. The lowest BCUT2D eigenvalue weighted by Gasteiger charge is -1.99. The molecule has 1 heterocycles. The number of halogens is 2. The molecule has 5 heteroatoms. The molecule has 0 radical (unpaired) electrons. The highest BCUT2D eigenvalue weighted by molar-refractivity contribution is 5.57. The van der Waals surface area contributed by atoms with Gasteiger partial charge in [-0.1, -0.05) is 0 Å². The SMILES string of the molecule is CNCCCc1ncc(-c2ccc(F)cc2F)o1. The van der Waals surface area contributed by atoms with Gasteiger partial charge in [-0.3, -0.25) is 0 Å². The molecule has 1 N–H and O–H groups in total. The van der Waals surface area contributed by atoms with Crippen molar-refractivity contribution in [2.45, 2.75) is 12.8 Å². The molecule has 0 atom stereocenters. The second-order valence-electron chi connectivity index (χ2n) is 3.95. The van der Waals surface area contributed by atoms with E-state index < -0.39 is 11.6 Å². The summed E-state index contributed by atoms with van der Waals surface area (Å²) in [5.41, 5.74) is 0.226. The van der Waals surface area contributed by atoms with Gasteiger partial charge in [-0.05, 0) is 32.1 Å². The Morgan fingerprint density at radius 3 is 2.89 bits per heavy atom. The predicted octanol–water partition coefficient (Wildman–Crippen LogP) is 2.77. The van der Waals surface area contributed by atoms with Crippen molar-refractivity contribution in [3.63, 3.8) is 0 Å². The van der Waals surface area contributed by atoms with Crippen molar-refractivity contribution in [2.24, 2.45) is 0 Å². The van der Waals surface area contributed by atoms with Crippen LogP contribution in [0.5, 0.6) is 0 Å². The summed E-state index contributed by atoms with van der Waals surface area (Å²) in [5.74, 6) is -0.367. The Morgan fingerprint density at radius 2 is 2.17 bits per heavy atom. The topological polar surface area (TPSA) is 38.1 Å². The second kappa shape index (κ2) is 5.73. The van der Waals surface area contributed by atoms with Crippen LogP contribution in [0.1, 0.15) is 12.3 Å². The summed E-state index contributed by atoms with van der Waals surface area (Å²) in [7, 11) is 1.87. The number of hydrogen-bond donors (Lipinski definition) is 1. The zero-order valence-electron chi connectivity index (χ0n) is 10.0. The van der Waals surface area contributed by atoms with E-state index in [1.165, 1.54) is 18.3 Å². The molecule has 3 nitrogen and oxygen atoms in total. The van der Waals surface area contributed by atoms with Gasteiger partial charge in [0.25, 0.3) is 0 Å². The third-order valence-corrected chi connectivity index (χ3v) is 2.57. The molecule has 2 rings (SSSR count). The number of nitrogens with one attached hydrogen (secondary N) is 1. The molecule has 0 spiro atoms. The van der Waals surface area contributed by atoms with Crippen LogP contribution in [-0.2, 0) is 6.42 Å². The van der Waals surface area contributed by atoms with Crippen LogP contribution in [0, 0.1) is 11.6 Å². The van der Waals surface area contributed by atoms with Gasteiger partial charge >= 0.3 is 0 Å². The maximum absolute atomic E-state index is 13.5. The Kier molecular flexibility index (Phi) is 4.04. The molecule has 0 fully saturated rings. The van der Waals surface area contributed by atoms with Gasteiger partial charge in [0.05, 0.1) is 11.8 Å². The van der Waals surface area contributed by atoms with Crippen LogP contribution in [0.15, 0.2) is 28.8 Å². The Labute approximate surface area is 104 Å². The van der Waals surface area contributed by atoms with E-state index in [9.17, 15) is 8.78 Å². The minimum absolute atomic E-state index is 0.226. The first-order valence-electron chi connectivity index (χ1n) is 5.75. The quantitative estimate of drug-likeness (QED) is 0.831. The smallest absolute Gasteiger partial charge is 0.194 e. The summed E-state index contributed by atoms with van der Waals surface area (Å²) in [4.78, 5) is 4.07. The van der Waals surface area contributed by atoms with E-state index in [1.807, 2.05) is 7.05 Å². The molecule has 96 valence electrons. The van der Waals surface area contributed by atoms with Gasteiger partial charge in [-0.2, -0.15) is 0 Å². The van der Waals surface area contributed by atoms with Crippen LogP contribution in [-0.4, -0.2) is 18.6 Å². The minimum Gasteiger partial charge on any atom is -0.441 e. The number of rotatable bonds is 5. The first-order chi connectivity index (χ1) is 8.70. The molecular weight excluding hydrogens is 238 g/mol. The molecule has 0 aliphatic carbocycles. The zero-order chi connectivity index (χ0) is 13.0.